The van der Waals surface area contributed by atoms with Crippen molar-refractivity contribution in [2.75, 3.05) is 16.4 Å². The van der Waals surface area contributed by atoms with Gasteiger partial charge in [0, 0.05) is 23.1 Å². The molecule has 4 aromatic rings. The number of hydrogen-bond acceptors (Lipinski definition) is 6. The van der Waals surface area contributed by atoms with E-state index in [2.05, 4.69) is 20.6 Å². The first-order valence-electron chi connectivity index (χ1n) is 8.38. The van der Waals surface area contributed by atoms with Crippen molar-refractivity contribution in [3.8, 4) is 11.5 Å². The molecule has 4 rings (SSSR count). The summed E-state index contributed by atoms with van der Waals surface area (Å²) in [6.45, 7) is 0. The minimum Gasteiger partial charge on any atom is -0.436 e. The normalized spacial score (nSPS) is 10.6. The van der Waals surface area contributed by atoms with Crippen LogP contribution in [0.1, 0.15) is 0 Å². The predicted molar refractivity (Wildman–Crippen MR) is 113 cm³/mol. The quantitative estimate of drug-likeness (QED) is 0.361. The van der Waals surface area contributed by atoms with E-state index < -0.39 is 5.91 Å². The molecule has 8 heteroatoms. The van der Waals surface area contributed by atoms with Crippen molar-refractivity contribution in [1.29, 1.82) is 0 Å². The lowest BCUT2D eigenvalue weighted by Gasteiger charge is -2.08. The number of nitrogens with one attached hydrogen (secondary N) is 2. The van der Waals surface area contributed by atoms with Gasteiger partial charge in [0.05, 0.1) is 0 Å². The number of oxazole rings is 1. The number of carbonyl (C=O) groups excluding carboxylic acids is 1. The molecule has 1 amide bonds. The summed E-state index contributed by atoms with van der Waals surface area (Å²) < 4.78 is 5.78. The SMILES string of the molecule is Nc1ccc(-c2nc3cc(NC(=S)C(=O)Nc4ccccn4)ccc3o2)cc1. The van der Waals surface area contributed by atoms with Gasteiger partial charge in [-0.25, -0.2) is 9.97 Å². The Labute approximate surface area is 165 Å². The Kier molecular flexibility index (Phi) is 4.69. The number of pyridine rings is 1. The fraction of sp³-hybridized carbons (Fsp3) is 0. The Morgan fingerprint density at radius 3 is 2.61 bits per heavy atom. The molecule has 0 saturated heterocycles. The zero-order valence-electron chi connectivity index (χ0n) is 14.5. The molecule has 0 aliphatic heterocycles. The third-order valence-corrected chi connectivity index (χ3v) is 4.20. The molecule has 0 fully saturated rings. The number of benzene rings is 2. The van der Waals surface area contributed by atoms with E-state index in [-0.39, 0.29) is 4.99 Å². The predicted octanol–water partition coefficient (Wildman–Crippen LogP) is 3.85. The molecule has 138 valence electrons. The van der Waals surface area contributed by atoms with E-state index in [4.69, 9.17) is 22.4 Å². The maximum atomic E-state index is 12.2. The average molecular weight is 389 g/mol. The molecule has 0 radical (unpaired) electrons. The second kappa shape index (κ2) is 7.45. The van der Waals surface area contributed by atoms with Crippen molar-refractivity contribution in [3.05, 3.63) is 66.9 Å². The summed E-state index contributed by atoms with van der Waals surface area (Å²) in [6, 6.07) is 17.8. The summed E-state index contributed by atoms with van der Waals surface area (Å²) in [5.74, 6) is 0.468. The Hall–Kier alpha value is -3.78. The van der Waals surface area contributed by atoms with Crippen LogP contribution in [0.3, 0.4) is 0 Å². The zero-order chi connectivity index (χ0) is 19.5. The Bertz CT molecular complexity index is 1160. The molecule has 7 nitrogen and oxygen atoms in total. The molecule has 28 heavy (non-hydrogen) atoms. The summed E-state index contributed by atoms with van der Waals surface area (Å²) in [6.07, 6.45) is 1.59. The molecule has 0 aliphatic carbocycles. The highest BCUT2D eigenvalue weighted by Gasteiger charge is 2.13. The number of thiocarbonyl (C=S) groups is 1. The van der Waals surface area contributed by atoms with Crippen LogP contribution >= 0.6 is 12.2 Å². The molecule has 2 aromatic heterocycles. The van der Waals surface area contributed by atoms with Gasteiger partial charge >= 0.3 is 0 Å². The Morgan fingerprint density at radius 1 is 1.04 bits per heavy atom. The first kappa shape index (κ1) is 17.6. The van der Waals surface area contributed by atoms with Crippen molar-refractivity contribution in [2.24, 2.45) is 0 Å². The van der Waals surface area contributed by atoms with Gasteiger partial charge in [0.2, 0.25) is 5.89 Å². The zero-order valence-corrected chi connectivity index (χ0v) is 15.4. The van der Waals surface area contributed by atoms with E-state index >= 15 is 0 Å². The molecule has 0 aliphatic rings. The maximum Gasteiger partial charge on any atom is 0.284 e. The number of rotatable bonds is 3. The van der Waals surface area contributed by atoms with Crippen molar-refractivity contribution in [3.63, 3.8) is 0 Å². The molecule has 0 saturated carbocycles. The number of nitrogen functional groups attached to an aromatic ring is 1. The first-order chi connectivity index (χ1) is 13.6. The number of hydrogen-bond donors (Lipinski definition) is 3. The van der Waals surface area contributed by atoms with Crippen LogP contribution in [0.4, 0.5) is 17.2 Å². The molecular weight excluding hydrogens is 374 g/mol. The number of carbonyl (C=O) groups is 1. The first-order valence-corrected chi connectivity index (χ1v) is 8.79. The lowest BCUT2D eigenvalue weighted by Crippen LogP contribution is -2.27. The summed E-state index contributed by atoms with van der Waals surface area (Å²) >= 11 is 5.17. The van der Waals surface area contributed by atoms with Crippen LogP contribution in [0.25, 0.3) is 22.6 Å². The fourth-order valence-corrected chi connectivity index (χ4v) is 2.72. The van der Waals surface area contributed by atoms with Crippen LogP contribution in [0.2, 0.25) is 0 Å². The van der Waals surface area contributed by atoms with Crippen LogP contribution in [-0.2, 0) is 4.79 Å². The topological polar surface area (TPSA) is 106 Å². The lowest BCUT2D eigenvalue weighted by atomic mass is 10.2. The van der Waals surface area contributed by atoms with E-state index in [9.17, 15) is 4.79 Å². The van der Waals surface area contributed by atoms with Gasteiger partial charge in [0.1, 0.15) is 11.3 Å². The number of anilines is 3. The van der Waals surface area contributed by atoms with Crippen LogP contribution in [-0.4, -0.2) is 20.9 Å². The number of nitrogens with zero attached hydrogens (tertiary/aromatic N) is 2. The summed E-state index contributed by atoms with van der Waals surface area (Å²) in [5.41, 5.74) is 9.11. The Balaban J connectivity index is 1.50. The molecular formula is C20H15N5O2S. The van der Waals surface area contributed by atoms with Crippen LogP contribution in [0, 0.1) is 0 Å². The fourth-order valence-electron chi connectivity index (χ4n) is 2.55. The number of nitrogens with two attached hydrogens (primary N) is 1. The highest BCUT2D eigenvalue weighted by Crippen LogP contribution is 2.26. The van der Waals surface area contributed by atoms with E-state index in [1.807, 2.05) is 12.1 Å². The van der Waals surface area contributed by atoms with Gasteiger partial charge in [-0.3, -0.25) is 4.79 Å². The second-order valence-electron chi connectivity index (χ2n) is 5.95. The molecule has 2 heterocycles. The average Bonchev–Trinajstić information content (AvgIpc) is 3.12. The van der Waals surface area contributed by atoms with Crippen LogP contribution in [0.5, 0.6) is 0 Å². The number of amides is 1. The van der Waals surface area contributed by atoms with E-state index in [1.165, 1.54) is 0 Å². The molecule has 0 bridgehead atoms. The van der Waals surface area contributed by atoms with E-state index in [1.54, 1.807) is 54.7 Å². The van der Waals surface area contributed by atoms with Gasteiger partial charge in [0.15, 0.2) is 10.6 Å². The molecule has 0 spiro atoms. The van der Waals surface area contributed by atoms with Gasteiger partial charge in [0.25, 0.3) is 5.91 Å². The third-order valence-electron chi connectivity index (χ3n) is 3.92. The van der Waals surface area contributed by atoms with Gasteiger partial charge in [-0.15, -0.1) is 0 Å². The molecule has 0 atom stereocenters. The Morgan fingerprint density at radius 2 is 1.86 bits per heavy atom. The van der Waals surface area contributed by atoms with Gasteiger partial charge in [-0.1, -0.05) is 18.3 Å². The minimum absolute atomic E-state index is 0.0206. The monoisotopic (exact) mass is 389 g/mol. The van der Waals surface area contributed by atoms with Crippen LogP contribution < -0.4 is 16.4 Å². The smallest absolute Gasteiger partial charge is 0.284 e. The van der Waals surface area contributed by atoms with Crippen molar-refractivity contribution in [2.45, 2.75) is 0 Å². The second-order valence-corrected chi connectivity index (χ2v) is 6.36. The lowest BCUT2D eigenvalue weighted by molar-refractivity contribution is -0.110. The van der Waals surface area contributed by atoms with Gasteiger partial charge in [-0.05, 0) is 54.6 Å². The van der Waals surface area contributed by atoms with Gasteiger partial charge in [-0.2, -0.15) is 0 Å². The standard InChI is InChI=1S/C20H15N5O2S/c21-13-6-4-12(5-7-13)19-24-15-11-14(8-9-16(15)27-19)23-20(28)18(26)25-17-3-1-2-10-22-17/h1-11H,21H2,(H,23,28)(H,22,25,26). The van der Waals surface area contributed by atoms with E-state index in [0.29, 0.717) is 34.2 Å². The molecule has 4 N–H and O–H groups in total. The minimum atomic E-state index is -0.448. The number of fused-ring (bicyclic) bond motifs is 1. The largest absolute Gasteiger partial charge is 0.436 e. The van der Waals surface area contributed by atoms with E-state index in [0.717, 1.165) is 5.56 Å². The number of aromatic nitrogens is 2. The summed E-state index contributed by atoms with van der Waals surface area (Å²) in [4.78, 5) is 20.7. The van der Waals surface area contributed by atoms with Crippen molar-refractivity contribution in [1.82, 2.24) is 9.97 Å². The van der Waals surface area contributed by atoms with Crippen molar-refractivity contribution < 1.29 is 9.21 Å². The third kappa shape index (κ3) is 3.81. The molecule has 0 unspecified atom stereocenters. The summed E-state index contributed by atoms with van der Waals surface area (Å²) in [7, 11) is 0. The highest BCUT2D eigenvalue weighted by molar-refractivity contribution is 7.82. The maximum absolute atomic E-state index is 12.2. The van der Waals surface area contributed by atoms with Crippen LogP contribution in [0.15, 0.2) is 71.3 Å². The molecule has 2 aromatic carbocycles. The highest BCUT2D eigenvalue weighted by atomic mass is 32.1. The van der Waals surface area contributed by atoms with Gasteiger partial charge < -0.3 is 20.8 Å². The van der Waals surface area contributed by atoms with Crippen molar-refractivity contribution >= 4 is 51.4 Å². The summed E-state index contributed by atoms with van der Waals surface area (Å²) in [5, 5.41) is 5.54.